The molecule has 0 saturated heterocycles. The zero-order valence-corrected chi connectivity index (χ0v) is 12.9. The number of aromatic nitrogens is 1. The minimum Gasteiger partial charge on any atom is -0.395 e. The van der Waals surface area contributed by atoms with Crippen LogP contribution in [0, 0.1) is 5.92 Å². The Balaban J connectivity index is 1.81. The summed E-state index contributed by atoms with van der Waals surface area (Å²) in [5.41, 5.74) is 10.9. The van der Waals surface area contributed by atoms with Gasteiger partial charge in [-0.2, -0.15) is 0 Å². The number of hydrogen-bond donors (Lipinski definition) is 2. The minimum atomic E-state index is 0.536. The van der Waals surface area contributed by atoms with Crippen LogP contribution >= 0.6 is 11.3 Å². The lowest BCUT2D eigenvalue weighted by Gasteiger charge is -2.31. The van der Waals surface area contributed by atoms with E-state index in [1.54, 1.807) is 11.3 Å². The topological polar surface area (TPSA) is 50.9 Å². The third-order valence-corrected chi connectivity index (χ3v) is 5.34. The molecular formula is C16H23N3S. The van der Waals surface area contributed by atoms with Crippen molar-refractivity contribution in [2.45, 2.75) is 51.5 Å². The molecule has 1 saturated carbocycles. The van der Waals surface area contributed by atoms with Gasteiger partial charge in [0.25, 0.3) is 0 Å². The molecular weight excluding hydrogens is 266 g/mol. The van der Waals surface area contributed by atoms with Crippen molar-refractivity contribution >= 4 is 32.9 Å². The zero-order valence-electron chi connectivity index (χ0n) is 12.1. The predicted octanol–water partition coefficient (Wildman–Crippen LogP) is 4.65. The zero-order chi connectivity index (χ0) is 13.9. The first-order valence-electron chi connectivity index (χ1n) is 7.67. The van der Waals surface area contributed by atoms with Crippen LogP contribution in [0.15, 0.2) is 17.6 Å². The number of hydrogen-bond acceptors (Lipinski definition) is 4. The van der Waals surface area contributed by atoms with Gasteiger partial charge in [0.2, 0.25) is 0 Å². The van der Waals surface area contributed by atoms with Gasteiger partial charge in [0, 0.05) is 6.04 Å². The van der Waals surface area contributed by atoms with Crippen LogP contribution in [0.4, 0.5) is 11.4 Å². The van der Waals surface area contributed by atoms with Gasteiger partial charge in [0.05, 0.1) is 21.6 Å². The minimum absolute atomic E-state index is 0.536. The molecule has 1 aliphatic carbocycles. The van der Waals surface area contributed by atoms with Crippen molar-refractivity contribution in [3.8, 4) is 0 Å². The molecule has 2 aromatic rings. The Morgan fingerprint density at radius 1 is 1.35 bits per heavy atom. The van der Waals surface area contributed by atoms with Gasteiger partial charge >= 0.3 is 0 Å². The summed E-state index contributed by atoms with van der Waals surface area (Å²) in [4.78, 5) is 4.38. The molecule has 0 bridgehead atoms. The number of nitrogens with one attached hydrogen (secondary N) is 1. The van der Waals surface area contributed by atoms with E-state index >= 15 is 0 Å². The number of nitrogens with two attached hydrogens (primary N) is 1. The molecule has 3 nitrogen and oxygen atoms in total. The Labute approximate surface area is 124 Å². The second-order valence-electron chi connectivity index (χ2n) is 5.78. The molecule has 0 amide bonds. The van der Waals surface area contributed by atoms with Crippen molar-refractivity contribution in [2.24, 2.45) is 5.92 Å². The van der Waals surface area contributed by atoms with Crippen LogP contribution in [-0.4, -0.2) is 11.0 Å². The predicted molar refractivity (Wildman–Crippen MR) is 88.3 cm³/mol. The molecule has 1 aromatic carbocycles. The number of benzene rings is 1. The largest absolute Gasteiger partial charge is 0.395 e. The third-order valence-electron chi connectivity index (χ3n) is 4.54. The van der Waals surface area contributed by atoms with Gasteiger partial charge in [-0.1, -0.05) is 26.2 Å². The lowest BCUT2D eigenvalue weighted by Crippen LogP contribution is -2.30. The lowest BCUT2D eigenvalue weighted by atomic mass is 9.83. The van der Waals surface area contributed by atoms with Crippen molar-refractivity contribution < 1.29 is 0 Å². The van der Waals surface area contributed by atoms with E-state index in [9.17, 15) is 0 Å². The van der Waals surface area contributed by atoms with Gasteiger partial charge in [0.15, 0.2) is 0 Å². The monoisotopic (exact) mass is 289 g/mol. The summed E-state index contributed by atoms with van der Waals surface area (Å²) in [6.45, 7) is 2.27. The maximum Gasteiger partial charge on any atom is 0.106 e. The van der Waals surface area contributed by atoms with Gasteiger partial charge < -0.3 is 11.1 Å². The Morgan fingerprint density at radius 2 is 2.15 bits per heavy atom. The average molecular weight is 289 g/mol. The van der Waals surface area contributed by atoms with Crippen molar-refractivity contribution in [3.63, 3.8) is 0 Å². The van der Waals surface area contributed by atoms with Gasteiger partial charge in [-0.25, -0.2) is 4.98 Å². The average Bonchev–Trinajstić information content (AvgIpc) is 2.97. The highest BCUT2D eigenvalue weighted by Gasteiger charge is 2.23. The van der Waals surface area contributed by atoms with Crippen molar-refractivity contribution in [2.75, 3.05) is 11.1 Å². The van der Waals surface area contributed by atoms with Crippen molar-refractivity contribution in [3.05, 3.63) is 17.6 Å². The van der Waals surface area contributed by atoms with Crippen molar-refractivity contribution in [1.82, 2.24) is 4.98 Å². The summed E-state index contributed by atoms with van der Waals surface area (Å²) in [5.74, 6) is 0.791. The van der Waals surface area contributed by atoms with E-state index in [1.165, 1.54) is 36.8 Å². The summed E-state index contributed by atoms with van der Waals surface area (Å²) in [6, 6.07) is 4.77. The number of nitrogens with zero attached hydrogens (tertiary/aromatic N) is 1. The van der Waals surface area contributed by atoms with Gasteiger partial charge in [-0.05, 0) is 37.3 Å². The van der Waals surface area contributed by atoms with E-state index in [2.05, 4.69) is 29.4 Å². The fraction of sp³-hybridized carbons (Fsp3) is 0.562. The van der Waals surface area contributed by atoms with Gasteiger partial charge in [-0.3, -0.25) is 0 Å². The summed E-state index contributed by atoms with van der Waals surface area (Å²) in [5, 5.41) is 3.69. The van der Waals surface area contributed by atoms with Crippen LogP contribution in [0.25, 0.3) is 10.2 Å². The fourth-order valence-electron chi connectivity index (χ4n) is 3.37. The molecule has 1 heterocycles. The molecule has 1 aromatic heterocycles. The third kappa shape index (κ3) is 2.62. The Hall–Kier alpha value is -1.29. The van der Waals surface area contributed by atoms with Crippen molar-refractivity contribution in [1.29, 1.82) is 0 Å². The summed E-state index contributed by atoms with van der Waals surface area (Å²) in [7, 11) is 0. The van der Waals surface area contributed by atoms with E-state index in [1.807, 2.05) is 5.51 Å². The van der Waals surface area contributed by atoms with E-state index in [-0.39, 0.29) is 0 Å². The summed E-state index contributed by atoms with van der Waals surface area (Å²) >= 11 is 1.64. The van der Waals surface area contributed by atoms with Crippen LogP contribution in [0.1, 0.15) is 45.4 Å². The second-order valence-corrected chi connectivity index (χ2v) is 6.67. The van der Waals surface area contributed by atoms with Crippen LogP contribution in [0.3, 0.4) is 0 Å². The molecule has 0 aliphatic heterocycles. The standard InChI is InChI=1S/C16H23N3S/c1-2-12(11-6-4-3-5-7-11)19-13-8-9-14-16(15(13)17)18-10-20-14/h8-12,19H,2-7,17H2,1H3. The summed E-state index contributed by atoms with van der Waals surface area (Å²) < 4.78 is 1.17. The molecule has 1 fully saturated rings. The lowest BCUT2D eigenvalue weighted by molar-refractivity contribution is 0.313. The molecule has 1 aliphatic rings. The Bertz CT molecular complexity index is 572. The normalized spacial score (nSPS) is 18.2. The van der Waals surface area contributed by atoms with Gasteiger partial charge in [0.1, 0.15) is 5.52 Å². The first-order valence-corrected chi connectivity index (χ1v) is 8.55. The molecule has 1 unspecified atom stereocenters. The maximum atomic E-state index is 6.28. The first-order chi connectivity index (χ1) is 9.79. The van der Waals surface area contributed by atoms with Crippen LogP contribution in [0.5, 0.6) is 0 Å². The number of anilines is 2. The Morgan fingerprint density at radius 3 is 2.90 bits per heavy atom. The maximum absolute atomic E-state index is 6.28. The fourth-order valence-corrected chi connectivity index (χ4v) is 4.06. The number of nitrogen functional groups attached to an aromatic ring is 1. The first kappa shape index (κ1) is 13.7. The van der Waals surface area contributed by atoms with Gasteiger partial charge in [-0.15, -0.1) is 11.3 Å². The molecule has 0 spiro atoms. The van der Waals surface area contributed by atoms with E-state index < -0.39 is 0 Å². The molecule has 108 valence electrons. The highest BCUT2D eigenvalue weighted by molar-refractivity contribution is 7.16. The molecule has 1 atom stereocenters. The van der Waals surface area contributed by atoms with E-state index in [0.29, 0.717) is 6.04 Å². The molecule has 4 heteroatoms. The number of thiazole rings is 1. The van der Waals surface area contributed by atoms with E-state index in [4.69, 9.17) is 5.73 Å². The SMILES string of the molecule is CCC(Nc1ccc2scnc2c1N)C1CCCCC1. The molecule has 0 radical (unpaired) electrons. The highest BCUT2D eigenvalue weighted by atomic mass is 32.1. The second kappa shape index (κ2) is 6.00. The smallest absolute Gasteiger partial charge is 0.106 e. The quantitative estimate of drug-likeness (QED) is 0.806. The van der Waals surface area contributed by atoms with E-state index in [0.717, 1.165) is 29.2 Å². The highest BCUT2D eigenvalue weighted by Crippen LogP contribution is 2.34. The molecule has 20 heavy (non-hydrogen) atoms. The number of fused-ring (bicyclic) bond motifs is 1. The summed E-state index contributed by atoms with van der Waals surface area (Å²) in [6.07, 6.45) is 8.01. The number of rotatable bonds is 4. The van der Waals surface area contributed by atoms with Crippen LogP contribution in [0.2, 0.25) is 0 Å². The van der Waals surface area contributed by atoms with Crippen LogP contribution in [-0.2, 0) is 0 Å². The molecule has 3 rings (SSSR count). The Kier molecular flexibility index (Phi) is 4.10. The van der Waals surface area contributed by atoms with Crippen LogP contribution < -0.4 is 11.1 Å². The molecule has 3 N–H and O–H groups in total.